The van der Waals surface area contributed by atoms with Crippen LogP contribution in [0.5, 0.6) is 11.5 Å². The second-order valence-corrected chi connectivity index (χ2v) is 12.5. The number of halogens is 3. The molecule has 232 valence electrons. The highest BCUT2D eigenvalue weighted by molar-refractivity contribution is 8.00. The summed E-state index contributed by atoms with van der Waals surface area (Å²) in [5.74, 6) is -3.09. The molecule has 9 nitrogen and oxygen atoms in total. The van der Waals surface area contributed by atoms with Gasteiger partial charge in [0.05, 0.1) is 29.3 Å². The lowest BCUT2D eigenvalue weighted by atomic mass is 9.83. The number of imide groups is 1. The number of hydrogen-bond acceptors (Lipinski definition) is 8. The number of aromatic nitrogens is 1. The van der Waals surface area contributed by atoms with E-state index >= 15 is 0 Å². The quantitative estimate of drug-likeness (QED) is 0.250. The summed E-state index contributed by atoms with van der Waals surface area (Å²) in [7, 11) is 1.40. The standard InChI is InChI=1S/C31H24F3N3O6S2/c1-15-6-3-4-9-19(15)35-22(38)14-43-20-11-10-16(12-21(20)42-2)23-24-26(44-27-25(23)45-30(41)36-27)29(40)37(28(24)39)18-8-5-7-17(13-18)31(32,33)34/h3-13,23-24,26H,14H2,1-2H3,(H,35,38)(H,36,41). The first-order valence-corrected chi connectivity index (χ1v) is 15.3. The molecule has 4 aromatic rings. The predicted molar refractivity (Wildman–Crippen MR) is 162 cm³/mol. The van der Waals surface area contributed by atoms with E-state index in [2.05, 4.69) is 10.3 Å². The molecule has 6 rings (SSSR count). The van der Waals surface area contributed by atoms with Crippen molar-refractivity contribution in [2.75, 3.05) is 23.9 Å². The highest BCUT2D eigenvalue weighted by atomic mass is 32.2. The van der Waals surface area contributed by atoms with E-state index in [4.69, 9.17) is 9.47 Å². The number of thiazole rings is 1. The van der Waals surface area contributed by atoms with Crippen LogP contribution in [0.4, 0.5) is 24.5 Å². The molecule has 0 aliphatic carbocycles. The van der Waals surface area contributed by atoms with E-state index in [-0.39, 0.29) is 28.7 Å². The normalized spacial score (nSPS) is 19.2. The fourth-order valence-electron chi connectivity index (χ4n) is 5.49. The van der Waals surface area contributed by atoms with Gasteiger partial charge in [-0.2, -0.15) is 13.2 Å². The average molecular weight is 656 g/mol. The molecule has 1 saturated heterocycles. The fourth-order valence-corrected chi connectivity index (χ4v) is 8.01. The number of thioether (sulfide) groups is 1. The summed E-state index contributed by atoms with van der Waals surface area (Å²) in [6, 6.07) is 16.2. The lowest BCUT2D eigenvalue weighted by molar-refractivity contribution is -0.137. The minimum Gasteiger partial charge on any atom is -0.493 e. The molecule has 0 radical (unpaired) electrons. The average Bonchev–Trinajstić information content (AvgIpc) is 3.50. The van der Waals surface area contributed by atoms with Gasteiger partial charge >= 0.3 is 11.0 Å². The number of ether oxygens (including phenoxy) is 2. The van der Waals surface area contributed by atoms with Gasteiger partial charge in [-0.05, 0) is 54.4 Å². The fraction of sp³-hybridized carbons (Fsp3) is 0.226. The topological polar surface area (TPSA) is 118 Å². The highest BCUT2D eigenvalue weighted by Gasteiger charge is 2.56. The Labute approximate surface area is 262 Å². The molecule has 3 amide bonds. The van der Waals surface area contributed by atoms with Crippen LogP contribution in [-0.4, -0.2) is 41.7 Å². The van der Waals surface area contributed by atoms with E-state index in [0.29, 0.717) is 21.2 Å². The van der Waals surface area contributed by atoms with Crippen LogP contribution in [0.2, 0.25) is 0 Å². The Morgan fingerprint density at radius 3 is 2.51 bits per heavy atom. The van der Waals surface area contributed by atoms with Crippen LogP contribution in [0.3, 0.4) is 0 Å². The van der Waals surface area contributed by atoms with Gasteiger partial charge in [-0.3, -0.25) is 19.2 Å². The van der Waals surface area contributed by atoms with Gasteiger partial charge in [-0.1, -0.05) is 53.4 Å². The predicted octanol–water partition coefficient (Wildman–Crippen LogP) is 5.59. The number of benzene rings is 3. The Balaban J connectivity index is 1.31. The first-order chi connectivity index (χ1) is 21.5. The molecule has 3 atom stereocenters. The number of hydrogen-bond donors (Lipinski definition) is 2. The molecule has 3 aromatic carbocycles. The largest absolute Gasteiger partial charge is 0.493 e. The van der Waals surface area contributed by atoms with Crippen molar-refractivity contribution in [1.82, 2.24) is 4.98 Å². The molecule has 14 heteroatoms. The Bertz CT molecular complexity index is 1890. The summed E-state index contributed by atoms with van der Waals surface area (Å²) in [6.07, 6.45) is -4.67. The number of H-pyrrole nitrogens is 1. The molecule has 3 heterocycles. The van der Waals surface area contributed by atoms with E-state index < -0.39 is 46.5 Å². The second kappa shape index (κ2) is 11.7. The molecule has 0 saturated carbocycles. The molecular formula is C31H24F3N3O6S2. The monoisotopic (exact) mass is 655 g/mol. The number of anilines is 2. The van der Waals surface area contributed by atoms with Gasteiger partial charge in [0.1, 0.15) is 5.25 Å². The molecule has 45 heavy (non-hydrogen) atoms. The maximum absolute atomic E-state index is 13.9. The molecule has 1 aromatic heterocycles. The van der Waals surface area contributed by atoms with Crippen molar-refractivity contribution in [3.8, 4) is 11.5 Å². The summed E-state index contributed by atoms with van der Waals surface area (Å²) < 4.78 is 51.6. The minimum atomic E-state index is -4.67. The molecule has 2 N–H and O–H groups in total. The molecule has 2 aliphatic rings. The smallest absolute Gasteiger partial charge is 0.416 e. The van der Waals surface area contributed by atoms with E-state index in [1.165, 1.54) is 13.2 Å². The summed E-state index contributed by atoms with van der Waals surface area (Å²) in [6.45, 7) is 1.54. The van der Waals surface area contributed by atoms with Crippen LogP contribution in [0.25, 0.3) is 0 Å². The van der Waals surface area contributed by atoms with Gasteiger partial charge in [0.15, 0.2) is 18.1 Å². The molecule has 0 bridgehead atoms. The third-order valence-electron chi connectivity index (χ3n) is 7.58. The van der Waals surface area contributed by atoms with Crippen molar-refractivity contribution in [1.29, 1.82) is 0 Å². The molecule has 1 fully saturated rings. The van der Waals surface area contributed by atoms with E-state index in [1.54, 1.807) is 30.3 Å². The lowest BCUT2D eigenvalue weighted by Gasteiger charge is -2.30. The first kappa shape index (κ1) is 30.5. The summed E-state index contributed by atoms with van der Waals surface area (Å²) in [5, 5.41) is 2.20. The Morgan fingerprint density at radius 1 is 1.00 bits per heavy atom. The van der Waals surface area contributed by atoms with Crippen LogP contribution in [0.15, 0.2) is 76.6 Å². The lowest BCUT2D eigenvalue weighted by Crippen LogP contribution is -2.32. The van der Waals surface area contributed by atoms with Crippen LogP contribution < -0.4 is 24.6 Å². The van der Waals surface area contributed by atoms with Gasteiger partial charge in [0, 0.05) is 16.5 Å². The number of methoxy groups -OCH3 is 1. The van der Waals surface area contributed by atoms with E-state index in [0.717, 1.165) is 51.8 Å². The van der Waals surface area contributed by atoms with Crippen molar-refractivity contribution in [2.45, 2.75) is 29.3 Å². The molecule has 0 spiro atoms. The van der Waals surface area contributed by atoms with Crippen LogP contribution >= 0.6 is 23.1 Å². The minimum absolute atomic E-state index is 0.185. The summed E-state index contributed by atoms with van der Waals surface area (Å²) in [4.78, 5) is 56.1. The number of aromatic amines is 1. The van der Waals surface area contributed by atoms with Gasteiger partial charge in [-0.25, -0.2) is 4.90 Å². The zero-order valence-electron chi connectivity index (χ0n) is 23.6. The zero-order chi connectivity index (χ0) is 32.0. The van der Waals surface area contributed by atoms with E-state index in [1.807, 2.05) is 19.1 Å². The third-order valence-corrected chi connectivity index (χ3v) is 9.98. The Hall–Kier alpha value is -4.56. The van der Waals surface area contributed by atoms with Crippen molar-refractivity contribution in [3.05, 3.63) is 98.0 Å². The maximum atomic E-state index is 13.9. The zero-order valence-corrected chi connectivity index (χ0v) is 25.3. The van der Waals surface area contributed by atoms with Crippen molar-refractivity contribution in [2.24, 2.45) is 5.92 Å². The SMILES string of the molecule is COc1cc(C2c3sc(=O)[nH]c3SC3C(=O)N(c4cccc(C(F)(F)F)c4)C(=O)C32)ccc1OCC(=O)Nc1ccccc1C. The maximum Gasteiger partial charge on any atom is 0.416 e. The number of para-hydroxylation sites is 1. The summed E-state index contributed by atoms with van der Waals surface area (Å²) in [5.41, 5.74) is 0.873. The van der Waals surface area contributed by atoms with Gasteiger partial charge in [-0.15, -0.1) is 0 Å². The Kier molecular flexibility index (Phi) is 7.95. The van der Waals surface area contributed by atoms with Crippen molar-refractivity contribution in [3.63, 3.8) is 0 Å². The number of nitrogens with one attached hydrogen (secondary N) is 2. The van der Waals surface area contributed by atoms with Crippen LogP contribution in [0, 0.1) is 12.8 Å². The van der Waals surface area contributed by atoms with Crippen molar-refractivity contribution >= 4 is 52.2 Å². The van der Waals surface area contributed by atoms with Gasteiger partial charge < -0.3 is 19.8 Å². The second-order valence-electron chi connectivity index (χ2n) is 10.4. The van der Waals surface area contributed by atoms with Gasteiger partial charge in [0.2, 0.25) is 11.8 Å². The third kappa shape index (κ3) is 5.71. The molecular weight excluding hydrogens is 631 g/mol. The summed E-state index contributed by atoms with van der Waals surface area (Å²) >= 11 is 1.91. The van der Waals surface area contributed by atoms with Gasteiger partial charge in [0.25, 0.3) is 5.91 Å². The number of carbonyl (C=O) groups excluding carboxylic acids is 3. The number of nitrogens with zero attached hydrogens (tertiary/aromatic N) is 1. The number of amides is 3. The first-order valence-electron chi connectivity index (χ1n) is 13.6. The van der Waals surface area contributed by atoms with Crippen LogP contribution in [-0.2, 0) is 20.6 Å². The van der Waals surface area contributed by atoms with Crippen molar-refractivity contribution < 1.29 is 37.0 Å². The number of alkyl halides is 3. The highest BCUT2D eigenvalue weighted by Crippen LogP contribution is 2.54. The number of fused-ring (bicyclic) bond motifs is 2. The molecule has 3 unspecified atom stereocenters. The number of aryl methyl sites for hydroxylation is 1. The molecule has 2 aliphatic heterocycles. The number of rotatable bonds is 7. The Morgan fingerprint density at radius 2 is 1.78 bits per heavy atom. The van der Waals surface area contributed by atoms with Crippen LogP contribution in [0.1, 0.15) is 27.5 Å². The number of carbonyl (C=O) groups is 3. The van der Waals surface area contributed by atoms with E-state index in [9.17, 15) is 32.3 Å².